The van der Waals surface area contributed by atoms with Crippen molar-refractivity contribution < 1.29 is 71.5 Å². The smallest absolute Gasteiger partial charge is 0.407 e. The molecule has 650 valence electrons. The second-order valence-corrected chi connectivity index (χ2v) is 31.6. The summed E-state index contributed by atoms with van der Waals surface area (Å²) >= 11 is 0. The van der Waals surface area contributed by atoms with Gasteiger partial charge in [0, 0.05) is 175 Å². The van der Waals surface area contributed by atoms with Crippen LogP contribution in [0, 0.1) is 0 Å². The Morgan fingerprint density at radius 2 is 0.628 bits per heavy atom. The Kier molecular flexibility index (Phi) is 49.5. The average Bonchev–Trinajstić information content (AvgIpc) is 1.75. The third-order valence-corrected chi connectivity index (χ3v) is 21.1. The van der Waals surface area contributed by atoms with Crippen molar-refractivity contribution in [3.63, 3.8) is 0 Å². The van der Waals surface area contributed by atoms with E-state index < -0.39 is 53.5 Å². The third kappa shape index (κ3) is 41.8. The molecule has 0 aromatic carbocycles. The van der Waals surface area contributed by atoms with Gasteiger partial charge >= 0.3 is 53.5 Å². The molecule has 12 atom stereocenters. The Labute approximate surface area is 673 Å². The molecule has 4 aliphatic rings. The third-order valence-electron chi connectivity index (χ3n) is 21.1. The minimum absolute atomic E-state index is 0.0112. The molecular formula is C81H148N14O18. The summed E-state index contributed by atoms with van der Waals surface area (Å²) in [6, 6.07) is 0.510. The predicted molar refractivity (Wildman–Crippen MR) is 435 cm³/mol. The Bertz CT molecular complexity index is 2940. The van der Waals surface area contributed by atoms with Crippen LogP contribution in [0.3, 0.4) is 0 Å². The molecule has 1 aromatic rings. The van der Waals surface area contributed by atoms with Crippen LogP contribution in [0.4, 0.5) is 28.8 Å². The standard InChI is InChI=1S/C81H148N14O18/c1-10-14-48-106-60-69(56-88-52-65(88)5)110-73(97)82-38-28-18-22-32-42-86(9)77(101)92(78(102)87(64-96)43-33-23-19-29-39-83-74(98)111-70(57-89-53-66(89)6)61-107-49-15-11-2)44-36-26-27-37-47-95-80(104)93(45-34-24-20-30-40-84-75(99)112-71(58-90-54-67(90)7)62-108-50-16-12-3)79(103)94(81(95)105)46-35-25-21-31-41-85-76(100)113-72(59-91-55-68(91)8)63-109-51-17-13-4/h64-72H,10-63H2,1-9H3,(H,82,97)(H,83,98)(H,84,99)(H,85,100). The molecule has 4 N–H and O–H groups in total. The summed E-state index contributed by atoms with van der Waals surface area (Å²) in [4.78, 5) is 148. The second-order valence-electron chi connectivity index (χ2n) is 31.6. The van der Waals surface area contributed by atoms with Gasteiger partial charge in [-0.3, -0.25) is 29.3 Å². The van der Waals surface area contributed by atoms with Gasteiger partial charge in [0.05, 0.1) is 26.4 Å². The fraction of sp³-hybridized carbons (Fsp3) is 0.877. The summed E-state index contributed by atoms with van der Waals surface area (Å²) in [6.45, 7) is 29.1. The first-order chi connectivity index (χ1) is 54.7. The molecule has 1 aromatic heterocycles. The van der Waals surface area contributed by atoms with Crippen molar-refractivity contribution in [2.75, 3.05) is 158 Å². The van der Waals surface area contributed by atoms with E-state index in [1.165, 1.54) is 4.90 Å². The highest BCUT2D eigenvalue weighted by Crippen LogP contribution is 2.22. The van der Waals surface area contributed by atoms with Crippen molar-refractivity contribution in [1.29, 1.82) is 0 Å². The van der Waals surface area contributed by atoms with Crippen LogP contribution in [0.1, 0.15) is 235 Å². The van der Waals surface area contributed by atoms with Gasteiger partial charge in [-0.1, -0.05) is 118 Å². The number of unbranched alkanes of at least 4 members (excludes halogenated alkanes) is 19. The zero-order valence-electron chi connectivity index (χ0n) is 70.7. The topological polar surface area (TPSA) is 329 Å². The van der Waals surface area contributed by atoms with Crippen molar-refractivity contribution in [2.45, 2.75) is 303 Å². The molecule has 9 amide bonds. The largest absolute Gasteiger partial charge is 0.442 e. The van der Waals surface area contributed by atoms with Gasteiger partial charge in [0.15, 0.2) is 0 Å². The van der Waals surface area contributed by atoms with E-state index in [1.807, 2.05) is 0 Å². The van der Waals surface area contributed by atoms with Crippen molar-refractivity contribution >= 4 is 42.8 Å². The lowest BCUT2D eigenvalue weighted by molar-refractivity contribution is -0.116. The maximum absolute atomic E-state index is 14.4. The minimum atomic E-state index is -0.750. The summed E-state index contributed by atoms with van der Waals surface area (Å²) in [6.07, 6.45) is 16.5. The number of rotatable bonds is 68. The summed E-state index contributed by atoms with van der Waals surface area (Å²) in [5.74, 6) is 0. The van der Waals surface area contributed by atoms with Crippen LogP contribution in [0.15, 0.2) is 14.4 Å². The van der Waals surface area contributed by atoms with E-state index in [1.54, 1.807) is 7.05 Å². The molecule has 4 fully saturated rings. The van der Waals surface area contributed by atoms with E-state index in [2.05, 4.69) is 96.3 Å². The summed E-state index contributed by atoms with van der Waals surface area (Å²) in [7, 11) is 1.62. The Balaban J connectivity index is 1.17. The molecule has 32 nitrogen and oxygen atoms in total. The molecule has 0 radical (unpaired) electrons. The SMILES string of the molecule is CCCCOCC(CN1CC1C)OC(=O)NCCCCCCN(C)C(=O)N(CCCCCCn1c(=O)n(CCCCCCNC(=O)OC(COCCCC)CN2CC2C)c(=O)n(CCCCCCNC(=O)OC(COCCCC)CN2CC2C)c1=O)C(=O)N(C=O)CCCCCCNC(=O)OC(COCCCC)CN1CC1C. The van der Waals surface area contributed by atoms with Gasteiger partial charge in [0.25, 0.3) is 0 Å². The Morgan fingerprint density at radius 3 is 0.894 bits per heavy atom. The zero-order valence-corrected chi connectivity index (χ0v) is 70.7. The Morgan fingerprint density at radius 1 is 0.372 bits per heavy atom. The minimum Gasteiger partial charge on any atom is -0.442 e. The number of aromatic nitrogens is 3. The van der Waals surface area contributed by atoms with Crippen LogP contribution < -0.4 is 38.3 Å². The summed E-state index contributed by atoms with van der Waals surface area (Å²) in [5.41, 5.74) is -2.09. The van der Waals surface area contributed by atoms with Crippen LogP contribution in [0.2, 0.25) is 0 Å². The molecule has 0 saturated carbocycles. The van der Waals surface area contributed by atoms with Gasteiger partial charge in [0.2, 0.25) is 6.41 Å². The van der Waals surface area contributed by atoms with E-state index in [-0.39, 0.29) is 57.1 Å². The molecule has 113 heavy (non-hydrogen) atoms. The fourth-order valence-electron chi connectivity index (χ4n) is 13.3. The van der Waals surface area contributed by atoms with Crippen LogP contribution in [0.25, 0.3) is 0 Å². The quantitative estimate of drug-likeness (QED) is 0.0204. The van der Waals surface area contributed by atoms with E-state index in [0.29, 0.717) is 258 Å². The second kappa shape index (κ2) is 57.6. The monoisotopic (exact) mass is 1610 g/mol. The maximum Gasteiger partial charge on any atom is 0.407 e. The van der Waals surface area contributed by atoms with E-state index >= 15 is 0 Å². The van der Waals surface area contributed by atoms with Crippen LogP contribution in [-0.4, -0.2) is 298 Å². The maximum atomic E-state index is 14.4. The normalized spacial score (nSPS) is 19.6. The number of carbonyl (C=O) groups excluding carboxylic acids is 7. The first-order valence-corrected chi connectivity index (χ1v) is 43.5. The first-order valence-electron chi connectivity index (χ1n) is 43.5. The number of imide groups is 2. The average molecular weight is 1610 g/mol. The lowest BCUT2D eigenvalue weighted by atomic mass is 10.2. The van der Waals surface area contributed by atoms with Crippen molar-refractivity contribution in [1.82, 2.24) is 69.3 Å². The highest BCUT2D eigenvalue weighted by molar-refractivity contribution is 5.97. The van der Waals surface area contributed by atoms with Gasteiger partial charge in [-0.25, -0.2) is 61.8 Å². The predicted octanol–water partition coefficient (Wildman–Crippen LogP) is 9.37. The van der Waals surface area contributed by atoms with Gasteiger partial charge in [-0.15, -0.1) is 0 Å². The van der Waals surface area contributed by atoms with Crippen molar-refractivity contribution in [3.8, 4) is 0 Å². The number of alkyl carbamates (subject to hydrolysis) is 4. The number of nitrogens with zero attached hydrogens (tertiary/aromatic N) is 10. The number of hydrogen-bond donors (Lipinski definition) is 4. The Hall–Kier alpha value is -6.42. The van der Waals surface area contributed by atoms with Crippen LogP contribution in [-0.2, 0) is 62.3 Å². The molecule has 12 unspecified atom stereocenters. The number of carbonyl (C=O) groups is 7. The van der Waals surface area contributed by atoms with Crippen LogP contribution in [0.5, 0.6) is 0 Å². The highest BCUT2D eigenvalue weighted by atomic mass is 16.6. The lowest BCUT2D eigenvalue weighted by Gasteiger charge is -2.30. The van der Waals surface area contributed by atoms with Gasteiger partial charge in [-0.2, -0.15) is 0 Å². The lowest BCUT2D eigenvalue weighted by Crippen LogP contribution is -2.54. The molecular weight excluding hydrogens is 1460 g/mol. The van der Waals surface area contributed by atoms with E-state index in [4.69, 9.17) is 37.9 Å². The number of nitrogens with one attached hydrogen (secondary N) is 4. The number of urea groups is 2. The molecule has 32 heteroatoms. The van der Waals surface area contributed by atoms with Crippen molar-refractivity contribution in [2.24, 2.45) is 0 Å². The number of hydrogen-bond acceptors (Lipinski definition) is 22. The highest BCUT2D eigenvalue weighted by Gasteiger charge is 2.37. The molecule has 5 rings (SSSR count). The van der Waals surface area contributed by atoms with Gasteiger partial charge in [0.1, 0.15) is 24.4 Å². The van der Waals surface area contributed by atoms with Crippen LogP contribution >= 0.6 is 0 Å². The van der Waals surface area contributed by atoms with Crippen molar-refractivity contribution in [3.05, 3.63) is 31.5 Å². The molecule has 0 bridgehead atoms. The first kappa shape index (κ1) is 97.2. The molecule has 4 aliphatic heterocycles. The molecule has 5 heterocycles. The molecule has 0 spiro atoms. The summed E-state index contributed by atoms with van der Waals surface area (Å²) in [5, 5.41) is 11.4. The summed E-state index contributed by atoms with van der Waals surface area (Å²) < 4.78 is 49.6. The molecule has 0 aliphatic carbocycles. The van der Waals surface area contributed by atoms with E-state index in [9.17, 15) is 47.9 Å². The van der Waals surface area contributed by atoms with Gasteiger partial charge in [-0.05, 0) is 118 Å². The number of amides is 9. The fourth-order valence-corrected chi connectivity index (χ4v) is 13.3. The van der Waals surface area contributed by atoms with E-state index in [0.717, 1.165) is 114 Å². The number of ether oxygens (including phenoxy) is 8. The zero-order chi connectivity index (χ0) is 82.0. The molecule has 4 saturated heterocycles. The van der Waals surface area contributed by atoms with Gasteiger partial charge < -0.3 is 64.1 Å².